The van der Waals surface area contributed by atoms with Crippen LogP contribution in [-0.4, -0.2) is 41.1 Å². The predicted octanol–water partition coefficient (Wildman–Crippen LogP) is 1.76. The number of pyridine rings is 1. The molecule has 0 aliphatic heterocycles. The van der Waals surface area contributed by atoms with Crippen molar-refractivity contribution in [1.29, 1.82) is 0 Å². The maximum Gasteiger partial charge on any atom is 0.222 e. The summed E-state index contributed by atoms with van der Waals surface area (Å²) in [4.78, 5) is 17.7. The smallest absolute Gasteiger partial charge is 0.222 e. The number of aryl methyl sites for hydroxylation is 1. The van der Waals surface area contributed by atoms with Gasteiger partial charge >= 0.3 is 0 Å². The lowest BCUT2D eigenvalue weighted by atomic mass is 10.1. The number of carbonyl (C=O) groups excluding carboxylic acids is 1. The van der Waals surface area contributed by atoms with Gasteiger partial charge in [0.1, 0.15) is 5.82 Å². The number of nitrogens with zero attached hydrogens (tertiary/aromatic N) is 2. The molecule has 2 aromatic rings. The molecular weight excluding hydrogens is 259 g/mol. The molecule has 0 bridgehead atoms. The van der Waals surface area contributed by atoms with Crippen LogP contribution in [0.1, 0.15) is 12.1 Å². The molecule has 4 nitrogen and oxygen atoms in total. The fraction of sp³-hybridized carbons (Fsp3) is 0.333. The molecule has 0 fully saturated rings. The van der Waals surface area contributed by atoms with Crippen LogP contribution in [0.25, 0.3) is 10.9 Å². The van der Waals surface area contributed by atoms with Gasteiger partial charge in [-0.2, -0.15) is 0 Å². The van der Waals surface area contributed by atoms with Crippen molar-refractivity contribution in [2.75, 3.05) is 20.2 Å². The number of rotatable bonds is 5. The number of hydrogen-bond acceptors (Lipinski definition) is 3. The average Bonchev–Trinajstić information content (AvgIpc) is 2.44. The Kier molecular flexibility index (Phi) is 4.63. The highest BCUT2D eigenvalue weighted by Gasteiger charge is 2.09. The maximum atomic E-state index is 13.1. The summed E-state index contributed by atoms with van der Waals surface area (Å²) in [6.07, 6.45) is 0.873. The molecule has 0 spiro atoms. The van der Waals surface area contributed by atoms with Gasteiger partial charge in [-0.1, -0.05) is 6.07 Å². The largest absolute Gasteiger partial charge is 0.395 e. The first-order valence-electron chi connectivity index (χ1n) is 6.50. The average molecular weight is 276 g/mol. The zero-order chi connectivity index (χ0) is 14.5. The van der Waals surface area contributed by atoms with Crippen molar-refractivity contribution >= 4 is 16.8 Å². The molecule has 1 heterocycles. The van der Waals surface area contributed by atoms with Crippen LogP contribution < -0.4 is 0 Å². The Morgan fingerprint density at radius 1 is 1.35 bits per heavy atom. The van der Waals surface area contributed by atoms with Crippen molar-refractivity contribution in [2.45, 2.75) is 12.8 Å². The van der Waals surface area contributed by atoms with Crippen molar-refractivity contribution < 1.29 is 14.3 Å². The highest BCUT2D eigenvalue weighted by molar-refractivity contribution is 5.79. The van der Waals surface area contributed by atoms with Crippen LogP contribution in [0.2, 0.25) is 0 Å². The van der Waals surface area contributed by atoms with Crippen LogP contribution in [0.3, 0.4) is 0 Å². The van der Waals surface area contributed by atoms with Gasteiger partial charge in [0.2, 0.25) is 5.91 Å². The lowest BCUT2D eigenvalue weighted by Crippen LogP contribution is -2.29. The van der Waals surface area contributed by atoms with E-state index in [0.717, 1.165) is 16.6 Å². The number of carbonyl (C=O) groups is 1. The first-order chi connectivity index (χ1) is 9.60. The Morgan fingerprint density at radius 2 is 2.15 bits per heavy atom. The first-order valence-corrected chi connectivity index (χ1v) is 6.50. The Balaban J connectivity index is 2.03. The molecule has 0 saturated heterocycles. The lowest BCUT2D eigenvalue weighted by molar-refractivity contribution is -0.130. The quantitative estimate of drug-likeness (QED) is 0.905. The Bertz CT molecular complexity index is 616. The normalized spacial score (nSPS) is 10.8. The number of halogens is 1. The van der Waals surface area contributed by atoms with Gasteiger partial charge < -0.3 is 10.0 Å². The number of benzene rings is 1. The Labute approximate surface area is 116 Å². The molecule has 1 aromatic carbocycles. The number of aromatic nitrogens is 1. The van der Waals surface area contributed by atoms with Gasteiger partial charge in [-0.3, -0.25) is 9.78 Å². The van der Waals surface area contributed by atoms with Gasteiger partial charge in [-0.05, 0) is 30.7 Å². The van der Waals surface area contributed by atoms with Gasteiger partial charge in [0.15, 0.2) is 0 Å². The van der Waals surface area contributed by atoms with Crippen LogP contribution >= 0.6 is 0 Å². The van der Waals surface area contributed by atoms with Crippen LogP contribution in [0.5, 0.6) is 0 Å². The molecule has 1 aromatic heterocycles. The van der Waals surface area contributed by atoms with Gasteiger partial charge in [0, 0.05) is 31.1 Å². The van der Waals surface area contributed by atoms with Gasteiger partial charge in [0.05, 0.1) is 12.1 Å². The number of amides is 1. The van der Waals surface area contributed by atoms with Gasteiger partial charge in [0.25, 0.3) is 0 Å². The van der Waals surface area contributed by atoms with Crippen molar-refractivity contribution in [3.63, 3.8) is 0 Å². The van der Waals surface area contributed by atoms with E-state index in [1.165, 1.54) is 17.0 Å². The fourth-order valence-corrected chi connectivity index (χ4v) is 1.98. The molecule has 0 unspecified atom stereocenters. The highest BCUT2D eigenvalue weighted by atomic mass is 19.1. The molecule has 0 aliphatic rings. The standard InChI is InChI=1S/C15H17FN2O2/c1-18(8-9-19)15(20)7-5-13-4-2-11-10-12(16)3-6-14(11)17-13/h2-4,6,10,19H,5,7-9H2,1H3. The zero-order valence-electron chi connectivity index (χ0n) is 11.3. The number of likely N-dealkylation sites (N-methyl/N-ethyl adjacent to an activating group) is 1. The van der Waals surface area contributed by atoms with E-state index in [1.54, 1.807) is 19.2 Å². The van der Waals surface area contributed by atoms with Crippen LogP contribution in [-0.2, 0) is 11.2 Å². The second-order valence-corrected chi connectivity index (χ2v) is 4.68. The van der Waals surface area contributed by atoms with Crippen molar-refractivity contribution in [2.24, 2.45) is 0 Å². The molecule has 0 saturated carbocycles. The van der Waals surface area contributed by atoms with E-state index in [-0.39, 0.29) is 18.3 Å². The lowest BCUT2D eigenvalue weighted by Gasteiger charge is -2.15. The number of aliphatic hydroxyl groups is 1. The SMILES string of the molecule is CN(CCO)C(=O)CCc1ccc2cc(F)ccc2n1. The molecule has 20 heavy (non-hydrogen) atoms. The summed E-state index contributed by atoms with van der Waals surface area (Å²) < 4.78 is 13.1. The fourth-order valence-electron chi connectivity index (χ4n) is 1.98. The predicted molar refractivity (Wildman–Crippen MR) is 74.7 cm³/mol. The van der Waals surface area contributed by atoms with E-state index >= 15 is 0 Å². The third-order valence-corrected chi connectivity index (χ3v) is 3.17. The molecule has 2 rings (SSSR count). The number of aliphatic hydroxyl groups excluding tert-OH is 1. The topological polar surface area (TPSA) is 53.4 Å². The van der Waals surface area contributed by atoms with Crippen LogP contribution in [0.4, 0.5) is 4.39 Å². The monoisotopic (exact) mass is 276 g/mol. The van der Waals surface area contributed by atoms with E-state index in [2.05, 4.69) is 4.98 Å². The summed E-state index contributed by atoms with van der Waals surface area (Å²) >= 11 is 0. The maximum absolute atomic E-state index is 13.1. The molecule has 106 valence electrons. The molecule has 0 aliphatic carbocycles. The molecule has 0 atom stereocenters. The van der Waals surface area contributed by atoms with E-state index in [1.807, 2.05) is 6.07 Å². The molecule has 1 N–H and O–H groups in total. The van der Waals surface area contributed by atoms with E-state index in [4.69, 9.17) is 5.11 Å². The van der Waals surface area contributed by atoms with Crippen molar-refractivity contribution in [3.05, 3.63) is 41.8 Å². The number of hydrogen-bond donors (Lipinski definition) is 1. The van der Waals surface area contributed by atoms with Gasteiger partial charge in [-0.25, -0.2) is 4.39 Å². The van der Waals surface area contributed by atoms with E-state index in [0.29, 0.717) is 19.4 Å². The summed E-state index contributed by atoms with van der Waals surface area (Å²) in [6.45, 7) is 0.297. The third-order valence-electron chi connectivity index (χ3n) is 3.17. The first kappa shape index (κ1) is 14.4. The second kappa shape index (κ2) is 6.43. The Morgan fingerprint density at radius 3 is 2.90 bits per heavy atom. The van der Waals surface area contributed by atoms with Crippen molar-refractivity contribution in [1.82, 2.24) is 9.88 Å². The van der Waals surface area contributed by atoms with Crippen molar-refractivity contribution in [3.8, 4) is 0 Å². The molecular formula is C15H17FN2O2. The van der Waals surface area contributed by atoms with Gasteiger partial charge in [-0.15, -0.1) is 0 Å². The summed E-state index contributed by atoms with van der Waals surface area (Å²) in [6, 6.07) is 8.06. The minimum absolute atomic E-state index is 0.0277. The zero-order valence-corrected chi connectivity index (χ0v) is 11.3. The molecule has 5 heteroatoms. The summed E-state index contributed by atoms with van der Waals surface area (Å²) in [5.74, 6) is -0.312. The van der Waals surface area contributed by atoms with E-state index < -0.39 is 0 Å². The minimum atomic E-state index is -0.284. The van der Waals surface area contributed by atoms with Crippen LogP contribution in [0.15, 0.2) is 30.3 Å². The third kappa shape index (κ3) is 3.51. The van der Waals surface area contributed by atoms with E-state index in [9.17, 15) is 9.18 Å². The summed E-state index contributed by atoms with van der Waals surface area (Å²) in [5, 5.41) is 9.52. The Hall–Kier alpha value is -2.01. The molecule has 1 amide bonds. The highest BCUT2D eigenvalue weighted by Crippen LogP contribution is 2.15. The second-order valence-electron chi connectivity index (χ2n) is 4.68. The summed E-state index contributed by atoms with van der Waals surface area (Å²) in [7, 11) is 1.66. The minimum Gasteiger partial charge on any atom is -0.395 e. The molecule has 0 radical (unpaired) electrons. The number of fused-ring (bicyclic) bond motifs is 1. The summed E-state index contributed by atoms with van der Waals surface area (Å²) in [5.41, 5.74) is 1.52. The van der Waals surface area contributed by atoms with Crippen LogP contribution in [0, 0.1) is 5.82 Å².